The summed E-state index contributed by atoms with van der Waals surface area (Å²) in [4.78, 5) is 0. The molecule has 19 heavy (non-hydrogen) atoms. The lowest BCUT2D eigenvalue weighted by Gasteiger charge is -2.17. The molecule has 0 spiro atoms. The van der Waals surface area contributed by atoms with E-state index in [0.29, 0.717) is 6.04 Å². The number of fused-ring (bicyclic) bond motifs is 1. The van der Waals surface area contributed by atoms with Crippen molar-refractivity contribution < 1.29 is 0 Å². The van der Waals surface area contributed by atoms with E-state index in [1.165, 1.54) is 34.2 Å². The monoisotopic (exact) mass is 293 g/mol. The molecule has 0 saturated heterocycles. The second-order valence-electron chi connectivity index (χ2n) is 4.89. The second-order valence-corrected chi connectivity index (χ2v) is 6.79. The van der Waals surface area contributed by atoms with E-state index < -0.39 is 0 Å². The van der Waals surface area contributed by atoms with Gasteiger partial charge in [-0.3, -0.25) is 0 Å². The van der Waals surface area contributed by atoms with Gasteiger partial charge >= 0.3 is 0 Å². The van der Waals surface area contributed by atoms with Crippen LogP contribution in [0.4, 0.5) is 0 Å². The van der Waals surface area contributed by atoms with Crippen molar-refractivity contribution in [3.05, 3.63) is 35.2 Å². The zero-order valence-corrected chi connectivity index (χ0v) is 13.4. The molecule has 1 N–H and O–H groups in total. The summed E-state index contributed by atoms with van der Waals surface area (Å²) in [6, 6.07) is 9.37. The van der Waals surface area contributed by atoms with Gasteiger partial charge in [0.2, 0.25) is 0 Å². The fourth-order valence-corrected chi connectivity index (χ4v) is 3.84. The molecular weight excluding hydrogens is 270 g/mol. The number of benzene rings is 1. The van der Waals surface area contributed by atoms with Gasteiger partial charge in [-0.15, -0.1) is 11.3 Å². The zero-order chi connectivity index (χ0) is 13.5. The fourth-order valence-electron chi connectivity index (χ4n) is 2.34. The summed E-state index contributed by atoms with van der Waals surface area (Å²) >= 11 is 3.81. The molecule has 0 saturated carbocycles. The molecule has 2 rings (SSSR count). The number of hydrogen-bond acceptors (Lipinski definition) is 3. The number of thiophene rings is 1. The van der Waals surface area contributed by atoms with Gasteiger partial charge in [0.25, 0.3) is 0 Å². The van der Waals surface area contributed by atoms with Crippen LogP contribution in [0.2, 0.25) is 0 Å². The fraction of sp³-hybridized carbons (Fsp3) is 0.500. The van der Waals surface area contributed by atoms with Gasteiger partial charge in [0.15, 0.2) is 0 Å². The van der Waals surface area contributed by atoms with E-state index >= 15 is 0 Å². The highest BCUT2D eigenvalue weighted by atomic mass is 32.2. The van der Waals surface area contributed by atoms with Crippen LogP contribution in [0.1, 0.15) is 25.3 Å². The normalized spacial score (nSPS) is 12.9. The smallest absolute Gasteiger partial charge is 0.0345 e. The summed E-state index contributed by atoms with van der Waals surface area (Å²) in [7, 11) is 0. The Morgan fingerprint density at radius 2 is 2.16 bits per heavy atom. The van der Waals surface area contributed by atoms with Crippen LogP contribution in [0.25, 0.3) is 10.1 Å². The standard InChI is InChI=1S/C16H23NS2/c1-3-9-17-14(8-10-18-2)11-13-12-19-16-7-5-4-6-15(13)16/h4-7,12,14,17H,3,8-11H2,1-2H3. The van der Waals surface area contributed by atoms with Crippen molar-refractivity contribution in [2.75, 3.05) is 18.6 Å². The number of nitrogens with one attached hydrogen (secondary N) is 1. The van der Waals surface area contributed by atoms with Crippen molar-refractivity contribution in [2.24, 2.45) is 0 Å². The SMILES string of the molecule is CCCNC(CCSC)Cc1csc2ccccc12. The van der Waals surface area contributed by atoms with E-state index in [9.17, 15) is 0 Å². The van der Waals surface area contributed by atoms with Crippen LogP contribution in [0, 0.1) is 0 Å². The van der Waals surface area contributed by atoms with Crippen LogP contribution in [0.5, 0.6) is 0 Å². The first-order valence-corrected chi connectivity index (χ1v) is 9.30. The number of hydrogen-bond donors (Lipinski definition) is 1. The van der Waals surface area contributed by atoms with E-state index in [-0.39, 0.29) is 0 Å². The largest absolute Gasteiger partial charge is 0.314 e. The molecule has 0 bridgehead atoms. The van der Waals surface area contributed by atoms with Gasteiger partial charge in [-0.25, -0.2) is 0 Å². The van der Waals surface area contributed by atoms with Gasteiger partial charge in [0.1, 0.15) is 0 Å². The molecule has 3 heteroatoms. The molecule has 0 aliphatic heterocycles. The topological polar surface area (TPSA) is 12.0 Å². The summed E-state index contributed by atoms with van der Waals surface area (Å²) in [5.74, 6) is 1.24. The van der Waals surface area contributed by atoms with Gasteiger partial charge in [-0.2, -0.15) is 11.8 Å². The molecule has 0 fully saturated rings. The van der Waals surface area contributed by atoms with E-state index in [1.807, 2.05) is 23.1 Å². The summed E-state index contributed by atoms with van der Waals surface area (Å²) in [5, 5.41) is 7.48. The highest BCUT2D eigenvalue weighted by Crippen LogP contribution is 2.27. The minimum atomic E-state index is 0.616. The molecule has 2 aromatic rings. The predicted octanol–water partition coefficient (Wildman–Crippen LogP) is 4.57. The molecule has 0 radical (unpaired) electrons. The molecule has 0 aliphatic carbocycles. The lowest BCUT2D eigenvalue weighted by molar-refractivity contribution is 0.499. The molecule has 0 amide bonds. The van der Waals surface area contributed by atoms with Crippen molar-refractivity contribution in [3.8, 4) is 0 Å². The summed E-state index contributed by atoms with van der Waals surface area (Å²) < 4.78 is 1.41. The Morgan fingerprint density at radius 3 is 2.95 bits per heavy atom. The average molecular weight is 294 g/mol. The third-order valence-electron chi connectivity index (χ3n) is 3.38. The lowest BCUT2D eigenvalue weighted by Crippen LogP contribution is -2.32. The third-order valence-corrected chi connectivity index (χ3v) is 5.04. The Balaban J connectivity index is 2.06. The minimum absolute atomic E-state index is 0.616. The van der Waals surface area contributed by atoms with Crippen molar-refractivity contribution in [3.63, 3.8) is 0 Å². The van der Waals surface area contributed by atoms with Crippen LogP contribution in [-0.4, -0.2) is 24.6 Å². The van der Waals surface area contributed by atoms with E-state index in [2.05, 4.69) is 48.1 Å². The molecule has 1 heterocycles. The first-order chi connectivity index (χ1) is 9.35. The predicted molar refractivity (Wildman–Crippen MR) is 90.6 cm³/mol. The maximum atomic E-state index is 3.70. The van der Waals surface area contributed by atoms with Gasteiger partial charge in [-0.05, 0) is 60.2 Å². The van der Waals surface area contributed by atoms with Crippen LogP contribution < -0.4 is 5.32 Å². The Bertz CT molecular complexity index is 484. The summed E-state index contributed by atoms with van der Waals surface area (Å²) in [6.07, 6.45) is 5.81. The Labute approximate surface area is 124 Å². The first-order valence-electron chi connectivity index (χ1n) is 7.02. The van der Waals surface area contributed by atoms with Gasteiger partial charge in [0.05, 0.1) is 0 Å². The summed E-state index contributed by atoms with van der Waals surface area (Å²) in [5.41, 5.74) is 1.51. The van der Waals surface area contributed by atoms with Crippen LogP contribution in [0.3, 0.4) is 0 Å². The van der Waals surface area contributed by atoms with Crippen LogP contribution in [-0.2, 0) is 6.42 Å². The molecule has 1 atom stereocenters. The maximum Gasteiger partial charge on any atom is 0.0345 e. The van der Waals surface area contributed by atoms with E-state index in [0.717, 1.165) is 13.0 Å². The Morgan fingerprint density at radius 1 is 1.32 bits per heavy atom. The van der Waals surface area contributed by atoms with Crippen molar-refractivity contribution in [1.82, 2.24) is 5.32 Å². The molecular formula is C16H23NS2. The minimum Gasteiger partial charge on any atom is -0.314 e. The first kappa shape index (κ1) is 14.9. The average Bonchev–Trinajstić information content (AvgIpc) is 2.85. The molecule has 1 nitrogen and oxygen atoms in total. The molecule has 1 aromatic carbocycles. The molecule has 0 aliphatic rings. The van der Waals surface area contributed by atoms with Crippen LogP contribution in [0.15, 0.2) is 29.6 Å². The van der Waals surface area contributed by atoms with Crippen molar-refractivity contribution in [1.29, 1.82) is 0 Å². The molecule has 104 valence electrons. The van der Waals surface area contributed by atoms with Crippen LogP contribution >= 0.6 is 23.1 Å². The van der Waals surface area contributed by atoms with Crippen molar-refractivity contribution in [2.45, 2.75) is 32.2 Å². The maximum absolute atomic E-state index is 3.70. The van der Waals surface area contributed by atoms with Gasteiger partial charge in [0, 0.05) is 10.7 Å². The van der Waals surface area contributed by atoms with E-state index in [1.54, 1.807) is 0 Å². The Kier molecular flexibility index (Phi) is 6.21. The molecule has 1 unspecified atom stereocenters. The molecule has 1 aromatic heterocycles. The Hall–Kier alpha value is -0.510. The summed E-state index contributed by atoms with van der Waals surface area (Å²) in [6.45, 7) is 3.36. The second kappa shape index (κ2) is 7.93. The number of rotatable bonds is 8. The van der Waals surface area contributed by atoms with Gasteiger partial charge in [-0.1, -0.05) is 25.1 Å². The van der Waals surface area contributed by atoms with E-state index in [4.69, 9.17) is 0 Å². The van der Waals surface area contributed by atoms with Crippen molar-refractivity contribution >= 4 is 33.2 Å². The third kappa shape index (κ3) is 4.23. The quantitative estimate of drug-likeness (QED) is 0.765. The number of thioether (sulfide) groups is 1. The highest BCUT2D eigenvalue weighted by molar-refractivity contribution is 7.98. The lowest BCUT2D eigenvalue weighted by atomic mass is 10.0. The van der Waals surface area contributed by atoms with Gasteiger partial charge < -0.3 is 5.32 Å². The zero-order valence-electron chi connectivity index (χ0n) is 11.8. The highest BCUT2D eigenvalue weighted by Gasteiger charge is 2.11.